The van der Waals surface area contributed by atoms with Crippen LogP contribution in [0.3, 0.4) is 0 Å². The van der Waals surface area contributed by atoms with Gasteiger partial charge in [0.25, 0.3) is 0 Å². The van der Waals surface area contributed by atoms with Gasteiger partial charge in [0.2, 0.25) is 0 Å². The lowest BCUT2D eigenvalue weighted by atomic mass is 10.1. The van der Waals surface area contributed by atoms with E-state index in [1.165, 1.54) is 7.11 Å². The van der Waals surface area contributed by atoms with Crippen LogP contribution in [0.25, 0.3) is 0 Å². The van der Waals surface area contributed by atoms with Gasteiger partial charge in [0.05, 0.1) is 13.7 Å². The summed E-state index contributed by atoms with van der Waals surface area (Å²) in [5.41, 5.74) is 1.09. The van der Waals surface area contributed by atoms with Crippen molar-refractivity contribution in [3.63, 3.8) is 0 Å². The standard InChI is InChI=1S/C13H24O4/c1-5-12(10-13(14)15-4)8-7-9-17-11(3)16-6-2/h10-11H,5-9H2,1-4H3/b12-10+. The van der Waals surface area contributed by atoms with Gasteiger partial charge in [-0.1, -0.05) is 12.5 Å². The molecule has 0 aromatic rings. The van der Waals surface area contributed by atoms with Crippen molar-refractivity contribution in [2.75, 3.05) is 20.3 Å². The number of esters is 1. The molecule has 0 amide bonds. The molecule has 100 valence electrons. The van der Waals surface area contributed by atoms with E-state index in [-0.39, 0.29) is 12.3 Å². The Labute approximate surface area is 104 Å². The van der Waals surface area contributed by atoms with E-state index in [1.54, 1.807) is 6.08 Å². The maximum absolute atomic E-state index is 11.1. The van der Waals surface area contributed by atoms with Crippen LogP contribution in [0.2, 0.25) is 0 Å². The number of methoxy groups -OCH3 is 1. The predicted molar refractivity (Wildman–Crippen MR) is 66.7 cm³/mol. The Balaban J connectivity index is 3.77. The van der Waals surface area contributed by atoms with Gasteiger partial charge in [-0.3, -0.25) is 0 Å². The summed E-state index contributed by atoms with van der Waals surface area (Å²) < 4.78 is 15.3. The van der Waals surface area contributed by atoms with Crippen LogP contribution >= 0.6 is 0 Å². The lowest BCUT2D eigenvalue weighted by Gasteiger charge is -2.12. The van der Waals surface area contributed by atoms with Crippen molar-refractivity contribution in [1.82, 2.24) is 0 Å². The van der Waals surface area contributed by atoms with Crippen molar-refractivity contribution in [1.29, 1.82) is 0 Å². The van der Waals surface area contributed by atoms with Crippen LogP contribution < -0.4 is 0 Å². The quantitative estimate of drug-likeness (QED) is 0.271. The zero-order valence-corrected chi connectivity index (χ0v) is 11.3. The molecule has 0 spiro atoms. The van der Waals surface area contributed by atoms with Gasteiger partial charge in [-0.05, 0) is 33.1 Å². The first-order chi connectivity index (χ1) is 8.13. The van der Waals surface area contributed by atoms with Gasteiger partial charge in [0.1, 0.15) is 0 Å². The summed E-state index contributed by atoms with van der Waals surface area (Å²) >= 11 is 0. The molecule has 0 fully saturated rings. The monoisotopic (exact) mass is 244 g/mol. The van der Waals surface area contributed by atoms with E-state index in [9.17, 15) is 4.79 Å². The van der Waals surface area contributed by atoms with Crippen molar-refractivity contribution in [2.45, 2.75) is 46.3 Å². The van der Waals surface area contributed by atoms with Crippen molar-refractivity contribution < 1.29 is 19.0 Å². The molecular formula is C13H24O4. The summed E-state index contributed by atoms with van der Waals surface area (Å²) in [6.45, 7) is 7.14. The number of hydrogen-bond acceptors (Lipinski definition) is 4. The third-order valence-corrected chi connectivity index (χ3v) is 2.37. The van der Waals surface area contributed by atoms with Gasteiger partial charge < -0.3 is 14.2 Å². The molecule has 4 nitrogen and oxygen atoms in total. The number of rotatable bonds is 9. The van der Waals surface area contributed by atoms with Crippen molar-refractivity contribution in [3.05, 3.63) is 11.6 Å². The molecule has 0 aliphatic carbocycles. The van der Waals surface area contributed by atoms with Crippen molar-refractivity contribution in [3.8, 4) is 0 Å². The summed E-state index contributed by atoms with van der Waals surface area (Å²) in [5.74, 6) is -0.287. The maximum Gasteiger partial charge on any atom is 0.330 e. The Kier molecular flexibility index (Phi) is 9.77. The molecule has 0 saturated heterocycles. The number of carbonyl (C=O) groups is 1. The van der Waals surface area contributed by atoms with Crippen LogP contribution in [0.15, 0.2) is 11.6 Å². The molecule has 0 rings (SSSR count). The smallest absolute Gasteiger partial charge is 0.330 e. The molecule has 0 heterocycles. The summed E-state index contributed by atoms with van der Waals surface area (Å²) in [6.07, 6.45) is 4.00. The lowest BCUT2D eigenvalue weighted by molar-refractivity contribution is -0.135. The Morgan fingerprint density at radius 2 is 2.00 bits per heavy atom. The third-order valence-electron chi connectivity index (χ3n) is 2.37. The minimum absolute atomic E-state index is 0.158. The van der Waals surface area contributed by atoms with E-state index in [2.05, 4.69) is 4.74 Å². The van der Waals surface area contributed by atoms with E-state index >= 15 is 0 Å². The number of carbonyl (C=O) groups excluding carboxylic acids is 1. The van der Waals surface area contributed by atoms with Crippen LogP contribution in [0.1, 0.15) is 40.0 Å². The maximum atomic E-state index is 11.1. The lowest BCUT2D eigenvalue weighted by Crippen LogP contribution is -2.13. The summed E-state index contributed by atoms with van der Waals surface area (Å²) in [7, 11) is 1.39. The van der Waals surface area contributed by atoms with E-state index in [1.807, 2.05) is 20.8 Å². The van der Waals surface area contributed by atoms with Gasteiger partial charge in [-0.15, -0.1) is 0 Å². The van der Waals surface area contributed by atoms with E-state index in [4.69, 9.17) is 9.47 Å². The van der Waals surface area contributed by atoms with Crippen molar-refractivity contribution >= 4 is 5.97 Å². The second-order valence-electron chi connectivity index (χ2n) is 3.68. The molecule has 17 heavy (non-hydrogen) atoms. The van der Waals surface area contributed by atoms with E-state index in [0.717, 1.165) is 24.8 Å². The Bertz CT molecular complexity index is 236. The average Bonchev–Trinajstić information content (AvgIpc) is 2.33. The highest BCUT2D eigenvalue weighted by Crippen LogP contribution is 2.10. The molecule has 0 aliphatic rings. The average molecular weight is 244 g/mol. The Morgan fingerprint density at radius 1 is 1.29 bits per heavy atom. The first-order valence-corrected chi connectivity index (χ1v) is 6.14. The summed E-state index contributed by atoms with van der Waals surface area (Å²) in [5, 5.41) is 0. The zero-order chi connectivity index (χ0) is 13.1. The van der Waals surface area contributed by atoms with Gasteiger partial charge in [0.15, 0.2) is 6.29 Å². The normalized spacial score (nSPS) is 13.5. The number of allylic oxidation sites excluding steroid dienone is 1. The fourth-order valence-corrected chi connectivity index (χ4v) is 1.41. The molecule has 0 aromatic carbocycles. The minimum atomic E-state index is -0.287. The number of ether oxygens (including phenoxy) is 3. The highest BCUT2D eigenvalue weighted by atomic mass is 16.7. The first-order valence-electron chi connectivity index (χ1n) is 6.14. The molecule has 0 radical (unpaired) electrons. The highest BCUT2D eigenvalue weighted by Gasteiger charge is 2.02. The second-order valence-corrected chi connectivity index (χ2v) is 3.68. The molecule has 0 aromatic heterocycles. The van der Waals surface area contributed by atoms with Crippen molar-refractivity contribution in [2.24, 2.45) is 0 Å². The second kappa shape index (κ2) is 10.3. The van der Waals surface area contributed by atoms with Gasteiger partial charge in [-0.25, -0.2) is 4.79 Å². The summed E-state index contributed by atoms with van der Waals surface area (Å²) in [4.78, 5) is 11.1. The summed E-state index contributed by atoms with van der Waals surface area (Å²) in [6, 6.07) is 0. The molecule has 0 N–H and O–H groups in total. The molecule has 4 heteroatoms. The van der Waals surface area contributed by atoms with E-state index in [0.29, 0.717) is 13.2 Å². The molecular weight excluding hydrogens is 220 g/mol. The molecule has 0 aliphatic heterocycles. The van der Waals surface area contributed by atoms with E-state index < -0.39 is 0 Å². The third kappa shape index (κ3) is 8.89. The largest absolute Gasteiger partial charge is 0.466 e. The fraction of sp³-hybridized carbons (Fsp3) is 0.769. The van der Waals surface area contributed by atoms with Crippen LogP contribution in [0.5, 0.6) is 0 Å². The van der Waals surface area contributed by atoms with Gasteiger partial charge in [-0.2, -0.15) is 0 Å². The van der Waals surface area contributed by atoms with Gasteiger partial charge >= 0.3 is 5.97 Å². The predicted octanol–water partition coefficient (Wildman–Crippen LogP) is 2.68. The van der Waals surface area contributed by atoms with Crippen LogP contribution in [-0.4, -0.2) is 32.6 Å². The molecule has 0 saturated carbocycles. The topological polar surface area (TPSA) is 44.8 Å². The minimum Gasteiger partial charge on any atom is -0.466 e. The number of hydrogen-bond donors (Lipinski definition) is 0. The zero-order valence-electron chi connectivity index (χ0n) is 11.3. The fourth-order valence-electron chi connectivity index (χ4n) is 1.41. The highest BCUT2D eigenvalue weighted by molar-refractivity contribution is 5.82. The van der Waals surface area contributed by atoms with Crippen LogP contribution in [-0.2, 0) is 19.0 Å². The SMILES string of the molecule is CCOC(C)OCCC/C(=C/C(=O)OC)CC. The molecule has 0 bridgehead atoms. The molecule has 1 atom stereocenters. The Hall–Kier alpha value is -0.870. The molecule has 1 unspecified atom stereocenters. The van der Waals surface area contributed by atoms with Crippen LogP contribution in [0, 0.1) is 0 Å². The first kappa shape index (κ1) is 16.1. The Morgan fingerprint density at radius 3 is 2.53 bits per heavy atom. The van der Waals surface area contributed by atoms with Gasteiger partial charge in [0, 0.05) is 12.7 Å². The van der Waals surface area contributed by atoms with Crippen LogP contribution in [0.4, 0.5) is 0 Å².